The highest BCUT2D eigenvalue weighted by Gasteiger charge is 2.26. The zero-order valence-electron chi connectivity index (χ0n) is 20.0. The van der Waals surface area contributed by atoms with E-state index in [0.29, 0.717) is 5.02 Å². The lowest BCUT2D eigenvalue weighted by atomic mass is 9.96. The van der Waals surface area contributed by atoms with E-state index < -0.39 is 0 Å². The van der Waals surface area contributed by atoms with E-state index in [1.807, 2.05) is 48.5 Å². The number of benzene rings is 3. The summed E-state index contributed by atoms with van der Waals surface area (Å²) >= 11 is 6.10. The Morgan fingerprint density at radius 1 is 0.833 bits per heavy atom. The molecule has 0 bridgehead atoms. The fourth-order valence-corrected chi connectivity index (χ4v) is 5.12. The normalized spacial score (nSPS) is 15.0. The molecular weight excluding hydrogens is 478 g/mol. The fraction of sp³-hybridized carbons (Fsp3) is 0.276. The highest BCUT2D eigenvalue weighted by molar-refractivity contribution is 6.31. The van der Waals surface area contributed by atoms with Crippen molar-refractivity contribution in [2.24, 2.45) is 0 Å². The summed E-state index contributed by atoms with van der Waals surface area (Å²) in [7, 11) is 0. The Kier molecular flexibility index (Phi) is 7.75. The average Bonchev–Trinajstić information content (AvgIpc) is 2.89. The van der Waals surface area contributed by atoms with E-state index in [0.717, 1.165) is 73.4 Å². The van der Waals surface area contributed by atoms with Gasteiger partial charge < -0.3 is 10.2 Å². The lowest BCUT2D eigenvalue weighted by Gasteiger charge is -2.40. The molecule has 0 aliphatic carbocycles. The molecule has 1 aliphatic heterocycles. The van der Waals surface area contributed by atoms with Crippen LogP contribution in [0.5, 0.6) is 0 Å². The van der Waals surface area contributed by atoms with Crippen LogP contribution in [-0.2, 0) is 0 Å². The summed E-state index contributed by atoms with van der Waals surface area (Å²) in [6.07, 6.45) is 2.83. The van der Waals surface area contributed by atoms with Gasteiger partial charge in [-0.1, -0.05) is 35.9 Å². The van der Waals surface area contributed by atoms with Gasteiger partial charge in [-0.2, -0.15) is 0 Å². The Balaban J connectivity index is 1.16. The van der Waals surface area contributed by atoms with Crippen LogP contribution in [0.2, 0.25) is 5.02 Å². The lowest BCUT2D eigenvalue weighted by Crippen LogP contribution is -2.48. The van der Waals surface area contributed by atoms with E-state index in [-0.39, 0.29) is 17.7 Å². The van der Waals surface area contributed by atoms with E-state index in [2.05, 4.69) is 20.1 Å². The SMILES string of the molecule is Fc1ccc(C(c2ccc(F)cc2)N2CCN(CCCNc3ccnc4cc(Cl)ccc34)CC2)cc1. The standard InChI is InChI=1S/C29H29ClF2N4/c30-23-6-11-26-27(12-14-34-28(26)20-23)33-13-1-15-35-16-18-36(19-17-35)29(21-2-7-24(31)8-3-21)22-4-9-25(32)10-5-22/h2-12,14,20,29H,1,13,15-19H2,(H,33,34). The molecule has 1 fully saturated rings. The number of rotatable bonds is 8. The maximum Gasteiger partial charge on any atom is 0.123 e. The average molecular weight is 507 g/mol. The van der Waals surface area contributed by atoms with Gasteiger partial charge >= 0.3 is 0 Å². The number of hydrogen-bond donors (Lipinski definition) is 1. The summed E-state index contributed by atoms with van der Waals surface area (Å²) in [5.41, 5.74) is 4.00. The molecule has 0 amide bonds. The van der Waals surface area contributed by atoms with Crippen molar-refractivity contribution in [2.45, 2.75) is 12.5 Å². The molecule has 0 radical (unpaired) electrons. The molecule has 4 aromatic rings. The van der Waals surface area contributed by atoms with Crippen LogP contribution in [0.15, 0.2) is 79.0 Å². The monoisotopic (exact) mass is 506 g/mol. The molecule has 186 valence electrons. The van der Waals surface area contributed by atoms with Gasteiger partial charge in [-0.3, -0.25) is 9.88 Å². The molecule has 2 heterocycles. The molecule has 0 saturated carbocycles. The van der Waals surface area contributed by atoms with Gasteiger partial charge in [0.15, 0.2) is 0 Å². The summed E-state index contributed by atoms with van der Waals surface area (Å²) in [6, 6.07) is 21.1. The van der Waals surface area contributed by atoms with Gasteiger partial charge in [-0.05, 0) is 72.6 Å². The molecule has 5 rings (SSSR count). The quantitative estimate of drug-likeness (QED) is 0.281. The predicted octanol–water partition coefficient (Wildman–Crippen LogP) is 6.38. The number of nitrogens with one attached hydrogen (secondary N) is 1. The van der Waals surface area contributed by atoms with Gasteiger partial charge in [0.05, 0.1) is 11.6 Å². The van der Waals surface area contributed by atoms with Gasteiger partial charge in [0.25, 0.3) is 0 Å². The third-order valence-electron chi connectivity index (χ3n) is 6.81. The maximum absolute atomic E-state index is 13.6. The minimum absolute atomic E-state index is 0.0245. The number of aromatic nitrogens is 1. The maximum atomic E-state index is 13.6. The Bertz CT molecular complexity index is 1240. The molecule has 0 atom stereocenters. The highest BCUT2D eigenvalue weighted by atomic mass is 35.5. The first-order chi connectivity index (χ1) is 17.6. The second kappa shape index (κ2) is 11.3. The van der Waals surface area contributed by atoms with Crippen molar-refractivity contribution in [3.05, 3.63) is 107 Å². The van der Waals surface area contributed by atoms with Crippen molar-refractivity contribution >= 4 is 28.2 Å². The molecule has 0 spiro atoms. The van der Waals surface area contributed by atoms with E-state index in [9.17, 15) is 8.78 Å². The zero-order chi connectivity index (χ0) is 24.9. The molecule has 1 N–H and O–H groups in total. The van der Waals surface area contributed by atoms with E-state index >= 15 is 0 Å². The first-order valence-corrected chi connectivity index (χ1v) is 12.7. The van der Waals surface area contributed by atoms with E-state index in [4.69, 9.17) is 11.6 Å². The molecule has 7 heteroatoms. The molecule has 1 aliphatic rings. The third kappa shape index (κ3) is 5.84. The number of hydrogen-bond acceptors (Lipinski definition) is 4. The second-order valence-electron chi connectivity index (χ2n) is 9.18. The van der Waals surface area contributed by atoms with Crippen LogP contribution >= 0.6 is 11.6 Å². The molecule has 3 aromatic carbocycles. The Morgan fingerprint density at radius 2 is 1.47 bits per heavy atom. The van der Waals surface area contributed by atoms with Crippen LogP contribution in [0.4, 0.5) is 14.5 Å². The predicted molar refractivity (Wildman–Crippen MR) is 143 cm³/mol. The van der Waals surface area contributed by atoms with E-state index in [1.54, 1.807) is 6.20 Å². The zero-order valence-corrected chi connectivity index (χ0v) is 20.8. The van der Waals surface area contributed by atoms with Crippen molar-refractivity contribution in [1.82, 2.24) is 14.8 Å². The van der Waals surface area contributed by atoms with Crippen molar-refractivity contribution in [3.63, 3.8) is 0 Å². The number of nitrogens with zero attached hydrogens (tertiary/aromatic N) is 3. The van der Waals surface area contributed by atoms with Crippen molar-refractivity contribution in [2.75, 3.05) is 44.6 Å². The second-order valence-corrected chi connectivity index (χ2v) is 9.62. The molecule has 4 nitrogen and oxygen atoms in total. The largest absolute Gasteiger partial charge is 0.384 e. The minimum atomic E-state index is -0.251. The van der Waals surface area contributed by atoms with Crippen molar-refractivity contribution in [3.8, 4) is 0 Å². The Hall–Kier alpha value is -3.06. The van der Waals surface area contributed by atoms with Crippen molar-refractivity contribution < 1.29 is 8.78 Å². The van der Waals surface area contributed by atoms with Crippen molar-refractivity contribution in [1.29, 1.82) is 0 Å². The first-order valence-electron chi connectivity index (χ1n) is 12.3. The van der Waals surface area contributed by atoms with Gasteiger partial charge in [0, 0.05) is 55.0 Å². The molecular formula is C29H29ClF2N4. The summed E-state index contributed by atoms with van der Waals surface area (Å²) in [4.78, 5) is 9.29. The van der Waals surface area contributed by atoms with Gasteiger partial charge in [0.2, 0.25) is 0 Å². The minimum Gasteiger partial charge on any atom is -0.384 e. The number of pyridine rings is 1. The van der Waals surface area contributed by atoms with Crippen LogP contribution < -0.4 is 5.32 Å². The number of piperazine rings is 1. The molecule has 36 heavy (non-hydrogen) atoms. The summed E-state index contributed by atoms with van der Waals surface area (Å²) in [6.45, 7) is 5.57. The summed E-state index contributed by atoms with van der Waals surface area (Å²) in [5.74, 6) is -0.503. The number of anilines is 1. The number of fused-ring (bicyclic) bond motifs is 1. The topological polar surface area (TPSA) is 31.4 Å². The highest BCUT2D eigenvalue weighted by Crippen LogP contribution is 2.30. The lowest BCUT2D eigenvalue weighted by molar-refractivity contribution is 0.109. The fourth-order valence-electron chi connectivity index (χ4n) is 4.95. The Morgan fingerprint density at radius 3 is 2.11 bits per heavy atom. The van der Waals surface area contributed by atoms with Crippen LogP contribution in [0, 0.1) is 11.6 Å². The van der Waals surface area contributed by atoms with Gasteiger partial charge in [0.1, 0.15) is 11.6 Å². The van der Waals surface area contributed by atoms with Crippen LogP contribution in [0.1, 0.15) is 23.6 Å². The van der Waals surface area contributed by atoms with Crippen LogP contribution in [0.3, 0.4) is 0 Å². The summed E-state index contributed by atoms with van der Waals surface area (Å²) in [5, 5.41) is 5.30. The molecule has 0 unspecified atom stereocenters. The Labute approximate surface area is 215 Å². The van der Waals surface area contributed by atoms with Gasteiger partial charge in [-0.25, -0.2) is 8.78 Å². The smallest absolute Gasteiger partial charge is 0.123 e. The van der Waals surface area contributed by atoms with E-state index in [1.165, 1.54) is 24.3 Å². The number of halogens is 3. The molecule has 1 aromatic heterocycles. The third-order valence-corrected chi connectivity index (χ3v) is 7.05. The molecule has 1 saturated heterocycles. The van der Waals surface area contributed by atoms with Gasteiger partial charge in [-0.15, -0.1) is 0 Å². The van der Waals surface area contributed by atoms with Crippen LogP contribution in [-0.4, -0.2) is 54.1 Å². The summed E-state index contributed by atoms with van der Waals surface area (Å²) < 4.78 is 27.1. The van der Waals surface area contributed by atoms with Crippen LogP contribution in [0.25, 0.3) is 10.9 Å². The first kappa shape index (κ1) is 24.6.